The summed E-state index contributed by atoms with van der Waals surface area (Å²) in [5, 5.41) is 14.1. The lowest BCUT2D eigenvalue weighted by atomic mass is 10.1. The van der Waals surface area contributed by atoms with Crippen LogP contribution in [0.1, 0.15) is 21.6 Å². The molecule has 2 heterocycles. The standard InChI is InChI=1S/C16H21N3O2/c1-9-10(2)18-13-5-4-11(6-12(9)13)16(21)19(3)14-7-17-8-15(14)20/h4-6,14-15,17-18,20H,7-8H2,1-3H3/t14-,15-/m0/s1. The molecule has 5 heteroatoms. The van der Waals surface area contributed by atoms with E-state index in [2.05, 4.69) is 17.2 Å². The van der Waals surface area contributed by atoms with Crippen LogP contribution in [-0.4, -0.2) is 53.2 Å². The van der Waals surface area contributed by atoms with Gasteiger partial charge in [0.2, 0.25) is 0 Å². The summed E-state index contributed by atoms with van der Waals surface area (Å²) in [5.74, 6) is -0.0529. The molecule has 1 amide bonds. The molecule has 21 heavy (non-hydrogen) atoms. The smallest absolute Gasteiger partial charge is 0.254 e. The number of benzene rings is 1. The summed E-state index contributed by atoms with van der Waals surface area (Å²) >= 11 is 0. The molecule has 1 saturated heterocycles. The third-order valence-electron chi connectivity index (χ3n) is 4.52. The number of carbonyl (C=O) groups is 1. The molecule has 0 spiro atoms. The summed E-state index contributed by atoms with van der Waals surface area (Å²) in [6.45, 7) is 5.26. The number of H-pyrrole nitrogens is 1. The first kappa shape index (κ1) is 14.1. The van der Waals surface area contributed by atoms with Gasteiger partial charge in [0.05, 0.1) is 12.1 Å². The van der Waals surface area contributed by atoms with E-state index < -0.39 is 6.10 Å². The van der Waals surface area contributed by atoms with Crippen LogP contribution in [0.2, 0.25) is 0 Å². The van der Waals surface area contributed by atoms with Gasteiger partial charge in [0.25, 0.3) is 5.91 Å². The van der Waals surface area contributed by atoms with E-state index in [1.165, 1.54) is 5.56 Å². The lowest BCUT2D eigenvalue weighted by Crippen LogP contribution is -2.44. The van der Waals surface area contributed by atoms with Gasteiger partial charge in [0.15, 0.2) is 0 Å². The van der Waals surface area contributed by atoms with Crippen LogP contribution >= 0.6 is 0 Å². The van der Waals surface area contributed by atoms with Crippen LogP contribution in [0.3, 0.4) is 0 Å². The van der Waals surface area contributed by atoms with Gasteiger partial charge in [-0.15, -0.1) is 0 Å². The van der Waals surface area contributed by atoms with Gasteiger partial charge in [-0.05, 0) is 37.6 Å². The molecule has 1 aliphatic rings. The van der Waals surface area contributed by atoms with E-state index in [0.717, 1.165) is 16.6 Å². The van der Waals surface area contributed by atoms with Crippen molar-refractivity contribution in [3.8, 4) is 0 Å². The van der Waals surface area contributed by atoms with Gasteiger partial charge in [0.1, 0.15) is 0 Å². The van der Waals surface area contributed by atoms with Gasteiger partial charge in [0, 0.05) is 42.3 Å². The molecule has 0 unspecified atom stereocenters. The fourth-order valence-corrected chi connectivity index (χ4v) is 2.99. The predicted molar refractivity (Wildman–Crippen MR) is 82.5 cm³/mol. The topological polar surface area (TPSA) is 68.4 Å². The van der Waals surface area contributed by atoms with Gasteiger partial charge in [-0.3, -0.25) is 4.79 Å². The molecule has 1 fully saturated rings. The van der Waals surface area contributed by atoms with Crippen molar-refractivity contribution in [2.75, 3.05) is 20.1 Å². The molecule has 2 atom stereocenters. The Balaban J connectivity index is 1.92. The zero-order valence-corrected chi connectivity index (χ0v) is 12.6. The number of fused-ring (bicyclic) bond motifs is 1. The summed E-state index contributed by atoms with van der Waals surface area (Å²) in [7, 11) is 1.75. The zero-order valence-electron chi connectivity index (χ0n) is 12.6. The summed E-state index contributed by atoms with van der Waals surface area (Å²) in [6.07, 6.45) is -0.501. The number of β-amino-alcohol motifs (C(OH)–C–C–N with tert-alkyl or cyclic N) is 1. The van der Waals surface area contributed by atoms with E-state index in [1.54, 1.807) is 11.9 Å². The average molecular weight is 287 g/mol. The van der Waals surface area contributed by atoms with Crippen molar-refractivity contribution in [2.24, 2.45) is 0 Å². The number of amides is 1. The number of carbonyl (C=O) groups excluding carboxylic acids is 1. The summed E-state index contributed by atoms with van der Waals surface area (Å²) in [5.41, 5.74) is 4.00. The molecule has 0 bridgehead atoms. The Morgan fingerprint density at radius 2 is 2.10 bits per heavy atom. The molecular weight excluding hydrogens is 266 g/mol. The normalized spacial score (nSPS) is 21.9. The Morgan fingerprint density at radius 1 is 1.33 bits per heavy atom. The van der Waals surface area contributed by atoms with E-state index in [9.17, 15) is 9.90 Å². The van der Waals surface area contributed by atoms with Gasteiger partial charge >= 0.3 is 0 Å². The molecule has 5 nitrogen and oxygen atoms in total. The summed E-state index contributed by atoms with van der Waals surface area (Å²) in [4.78, 5) is 17.6. The number of hydrogen-bond donors (Lipinski definition) is 3. The summed E-state index contributed by atoms with van der Waals surface area (Å²) < 4.78 is 0. The van der Waals surface area contributed by atoms with E-state index >= 15 is 0 Å². The van der Waals surface area contributed by atoms with E-state index in [-0.39, 0.29) is 11.9 Å². The number of aromatic amines is 1. The Morgan fingerprint density at radius 3 is 2.76 bits per heavy atom. The maximum Gasteiger partial charge on any atom is 0.254 e. The molecular formula is C16H21N3O2. The highest BCUT2D eigenvalue weighted by molar-refractivity contribution is 5.99. The Hall–Kier alpha value is -1.85. The highest BCUT2D eigenvalue weighted by Gasteiger charge is 2.31. The Labute approximate surface area is 124 Å². The number of hydrogen-bond acceptors (Lipinski definition) is 3. The minimum Gasteiger partial charge on any atom is -0.390 e. The second-order valence-electron chi connectivity index (χ2n) is 5.84. The van der Waals surface area contributed by atoms with E-state index in [1.807, 2.05) is 25.1 Å². The second kappa shape index (κ2) is 5.16. The minimum atomic E-state index is -0.501. The van der Waals surface area contributed by atoms with Crippen LogP contribution in [0.15, 0.2) is 18.2 Å². The first-order valence-electron chi connectivity index (χ1n) is 7.24. The van der Waals surface area contributed by atoms with Crippen LogP contribution in [0.5, 0.6) is 0 Å². The second-order valence-corrected chi connectivity index (χ2v) is 5.84. The lowest BCUT2D eigenvalue weighted by molar-refractivity contribution is 0.0581. The van der Waals surface area contributed by atoms with Crippen LogP contribution in [0.4, 0.5) is 0 Å². The molecule has 3 N–H and O–H groups in total. The van der Waals surface area contributed by atoms with Crippen molar-refractivity contribution < 1.29 is 9.90 Å². The first-order valence-corrected chi connectivity index (χ1v) is 7.24. The number of aromatic nitrogens is 1. The van der Waals surface area contributed by atoms with Crippen molar-refractivity contribution >= 4 is 16.8 Å². The molecule has 0 aliphatic carbocycles. The quantitative estimate of drug-likeness (QED) is 0.777. The van der Waals surface area contributed by atoms with Crippen LogP contribution in [0.25, 0.3) is 10.9 Å². The number of likely N-dealkylation sites (N-methyl/N-ethyl adjacent to an activating group) is 1. The fraction of sp³-hybridized carbons (Fsp3) is 0.438. The average Bonchev–Trinajstić information content (AvgIpc) is 3.02. The predicted octanol–water partition coefficient (Wildman–Crippen LogP) is 1.19. The van der Waals surface area contributed by atoms with Crippen LogP contribution < -0.4 is 5.32 Å². The molecule has 3 rings (SSSR count). The number of nitrogens with one attached hydrogen (secondary N) is 2. The van der Waals surface area contributed by atoms with Crippen molar-refractivity contribution in [3.05, 3.63) is 35.0 Å². The molecule has 0 saturated carbocycles. The van der Waals surface area contributed by atoms with Gasteiger partial charge in [-0.25, -0.2) is 0 Å². The highest BCUT2D eigenvalue weighted by atomic mass is 16.3. The fourth-order valence-electron chi connectivity index (χ4n) is 2.99. The minimum absolute atomic E-state index is 0.0529. The van der Waals surface area contributed by atoms with Crippen LogP contribution in [0, 0.1) is 13.8 Å². The third-order valence-corrected chi connectivity index (χ3v) is 4.52. The summed E-state index contributed by atoms with van der Waals surface area (Å²) in [6, 6.07) is 5.55. The van der Waals surface area contributed by atoms with E-state index in [4.69, 9.17) is 0 Å². The molecule has 0 radical (unpaired) electrons. The number of nitrogens with zero attached hydrogens (tertiary/aromatic N) is 1. The Bertz CT molecular complexity index is 692. The maximum atomic E-state index is 12.6. The molecule has 1 aromatic heterocycles. The van der Waals surface area contributed by atoms with Crippen molar-refractivity contribution in [3.63, 3.8) is 0 Å². The monoisotopic (exact) mass is 287 g/mol. The number of aliphatic hydroxyl groups excluding tert-OH is 1. The molecule has 1 aromatic carbocycles. The van der Waals surface area contributed by atoms with Crippen LogP contribution in [-0.2, 0) is 0 Å². The van der Waals surface area contributed by atoms with E-state index in [0.29, 0.717) is 18.7 Å². The van der Waals surface area contributed by atoms with Gasteiger partial charge in [-0.2, -0.15) is 0 Å². The number of aryl methyl sites for hydroxylation is 2. The third kappa shape index (κ3) is 2.32. The molecule has 2 aromatic rings. The van der Waals surface area contributed by atoms with Crippen molar-refractivity contribution in [1.82, 2.24) is 15.2 Å². The largest absolute Gasteiger partial charge is 0.390 e. The van der Waals surface area contributed by atoms with Gasteiger partial charge < -0.3 is 20.3 Å². The zero-order chi connectivity index (χ0) is 15.1. The molecule has 1 aliphatic heterocycles. The molecule has 112 valence electrons. The number of aliphatic hydroxyl groups is 1. The lowest BCUT2D eigenvalue weighted by Gasteiger charge is -2.26. The SMILES string of the molecule is Cc1[nH]c2ccc(C(=O)N(C)[C@H]3CNC[C@@H]3O)cc2c1C. The van der Waals surface area contributed by atoms with Crippen molar-refractivity contribution in [2.45, 2.75) is 26.0 Å². The maximum absolute atomic E-state index is 12.6. The first-order chi connectivity index (χ1) is 9.99. The number of rotatable bonds is 2. The van der Waals surface area contributed by atoms with Crippen molar-refractivity contribution in [1.29, 1.82) is 0 Å². The Kier molecular flexibility index (Phi) is 3.47. The highest BCUT2D eigenvalue weighted by Crippen LogP contribution is 2.23. The van der Waals surface area contributed by atoms with Gasteiger partial charge in [-0.1, -0.05) is 0 Å².